The molecule has 0 saturated carbocycles. The van der Waals surface area contributed by atoms with Gasteiger partial charge in [-0.1, -0.05) is 10.3 Å². The van der Waals surface area contributed by atoms with Gasteiger partial charge in [-0.3, -0.25) is 14.9 Å². The average Bonchev–Trinajstić information content (AvgIpc) is 3.17. The van der Waals surface area contributed by atoms with Crippen molar-refractivity contribution in [1.82, 2.24) is 15.7 Å². The van der Waals surface area contributed by atoms with Crippen molar-refractivity contribution in [1.29, 1.82) is 0 Å². The van der Waals surface area contributed by atoms with Crippen LogP contribution in [0.4, 0.5) is 5.69 Å². The van der Waals surface area contributed by atoms with E-state index in [4.69, 9.17) is 9.47 Å². The number of amides is 1. The Hall–Kier alpha value is -4.28. The molecular formula is C19H17N5O6. The highest BCUT2D eigenvalue weighted by atomic mass is 16.6. The topological polar surface area (TPSA) is 142 Å². The molecule has 0 saturated heterocycles. The second kappa shape index (κ2) is 9.28. The van der Waals surface area contributed by atoms with Gasteiger partial charge in [-0.15, -0.1) is 0 Å². The van der Waals surface area contributed by atoms with E-state index in [1.165, 1.54) is 37.6 Å². The number of aromatic nitrogens is 2. The quantitative estimate of drug-likeness (QED) is 0.339. The van der Waals surface area contributed by atoms with E-state index in [0.29, 0.717) is 28.5 Å². The van der Waals surface area contributed by atoms with Crippen LogP contribution < -0.4 is 14.9 Å². The monoisotopic (exact) mass is 411 g/mol. The largest absolute Gasteiger partial charge is 0.493 e. The van der Waals surface area contributed by atoms with Crippen molar-refractivity contribution < 1.29 is 23.8 Å². The Morgan fingerprint density at radius 2 is 2.00 bits per heavy atom. The molecule has 0 aliphatic heterocycles. The van der Waals surface area contributed by atoms with E-state index in [9.17, 15) is 14.9 Å². The molecule has 0 bridgehead atoms. The molecule has 1 heterocycles. The molecule has 0 spiro atoms. The minimum Gasteiger partial charge on any atom is -0.493 e. The van der Waals surface area contributed by atoms with Crippen LogP contribution in [0.2, 0.25) is 0 Å². The minimum atomic E-state index is -0.537. The summed E-state index contributed by atoms with van der Waals surface area (Å²) in [7, 11) is 1.50. The lowest BCUT2D eigenvalue weighted by atomic mass is 10.2. The van der Waals surface area contributed by atoms with Crippen LogP contribution in [0.25, 0.3) is 0 Å². The number of methoxy groups -OCH3 is 1. The van der Waals surface area contributed by atoms with Gasteiger partial charge >= 0.3 is 0 Å². The van der Waals surface area contributed by atoms with Crippen LogP contribution in [0.15, 0.2) is 52.2 Å². The van der Waals surface area contributed by atoms with E-state index in [0.717, 1.165) is 0 Å². The lowest BCUT2D eigenvalue weighted by molar-refractivity contribution is -0.384. The predicted molar refractivity (Wildman–Crippen MR) is 105 cm³/mol. The number of aryl methyl sites for hydroxylation is 1. The van der Waals surface area contributed by atoms with E-state index in [-0.39, 0.29) is 17.9 Å². The van der Waals surface area contributed by atoms with Gasteiger partial charge in [0.05, 0.1) is 18.2 Å². The summed E-state index contributed by atoms with van der Waals surface area (Å²) in [5, 5.41) is 22.0. The number of ether oxygens (including phenoxy) is 2. The number of benzene rings is 2. The Morgan fingerprint density at radius 3 is 2.63 bits per heavy atom. The van der Waals surface area contributed by atoms with Gasteiger partial charge in [0.1, 0.15) is 18.0 Å². The number of rotatable bonds is 8. The van der Waals surface area contributed by atoms with Gasteiger partial charge in [-0.25, -0.2) is 10.1 Å². The molecule has 1 aromatic heterocycles. The first-order chi connectivity index (χ1) is 14.5. The zero-order valence-corrected chi connectivity index (χ0v) is 16.1. The van der Waals surface area contributed by atoms with Crippen LogP contribution in [-0.2, 0) is 6.61 Å². The van der Waals surface area contributed by atoms with Gasteiger partial charge in [-0.2, -0.15) is 5.10 Å². The molecule has 0 atom stereocenters. The summed E-state index contributed by atoms with van der Waals surface area (Å²) in [4.78, 5) is 22.2. The highest BCUT2D eigenvalue weighted by molar-refractivity contribution is 5.95. The molecule has 1 N–H and O–H groups in total. The number of carbonyl (C=O) groups is 1. The predicted octanol–water partition coefficient (Wildman–Crippen LogP) is 2.64. The number of carbonyl (C=O) groups excluding carboxylic acids is 1. The van der Waals surface area contributed by atoms with E-state index in [1.807, 2.05) is 0 Å². The zero-order chi connectivity index (χ0) is 21.5. The molecule has 11 heteroatoms. The molecule has 3 aromatic rings. The third-order valence-electron chi connectivity index (χ3n) is 4.02. The number of nitro benzene ring substituents is 1. The molecule has 11 nitrogen and oxygen atoms in total. The Bertz CT molecular complexity index is 1080. The van der Waals surface area contributed by atoms with E-state index in [1.54, 1.807) is 25.1 Å². The van der Waals surface area contributed by atoms with E-state index < -0.39 is 10.8 Å². The summed E-state index contributed by atoms with van der Waals surface area (Å²) in [6.07, 6.45) is 1.43. The third kappa shape index (κ3) is 4.95. The average molecular weight is 411 g/mol. The Labute approximate surface area is 170 Å². The van der Waals surface area contributed by atoms with Crippen molar-refractivity contribution in [3.63, 3.8) is 0 Å². The summed E-state index contributed by atoms with van der Waals surface area (Å²) in [5.41, 5.74) is 4.39. The molecule has 0 radical (unpaired) electrons. The minimum absolute atomic E-state index is 0.0978. The fraction of sp³-hybridized carbons (Fsp3) is 0.158. The van der Waals surface area contributed by atoms with Crippen molar-refractivity contribution in [3.8, 4) is 11.5 Å². The summed E-state index contributed by atoms with van der Waals surface area (Å²) in [5.74, 6) is 0.464. The molecule has 0 fully saturated rings. The van der Waals surface area contributed by atoms with Crippen LogP contribution in [0, 0.1) is 17.0 Å². The Morgan fingerprint density at radius 1 is 1.23 bits per heavy atom. The molecule has 0 unspecified atom stereocenters. The molecule has 1 amide bonds. The fourth-order valence-corrected chi connectivity index (χ4v) is 2.37. The number of non-ortho nitro benzene ring substituents is 1. The lowest BCUT2D eigenvalue weighted by Crippen LogP contribution is -2.17. The molecule has 154 valence electrons. The number of nitrogens with one attached hydrogen (secondary N) is 1. The molecule has 2 aromatic carbocycles. The molecule has 0 aliphatic carbocycles. The standard InChI is InChI=1S/C19H17N5O6/c1-12-16(23-30-22-12)11-29-17-8-3-13(9-18(17)28-2)10-20-21-19(25)14-4-6-15(7-5-14)24(26)27/h3-10H,11H2,1-2H3,(H,21,25)/b20-10+. The second-order valence-electron chi connectivity index (χ2n) is 6.00. The Balaban J connectivity index is 1.61. The van der Waals surface area contributed by atoms with Gasteiger partial charge in [0.2, 0.25) is 0 Å². The van der Waals surface area contributed by atoms with Crippen LogP contribution >= 0.6 is 0 Å². The SMILES string of the molecule is COc1cc(/C=N/NC(=O)c2ccc([N+](=O)[O-])cc2)ccc1OCc1nonc1C. The maximum atomic E-state index is 12.1. The lowest BCUT2D eigenvalue weighted by Gasteiger charge is -2.10. The first-order valence-electron chi connectivity index (χ1n) is 8.64. The van der Waals surface area contributed by atoms with Crippen molar-refractivity contribution in [2.75, 3.05) is 7.11 Å². The molecule has 0 aliphatic rings. The number of nitrogens with zero attached hydrogens (tertiary/aromatic N) is 4. The van der Waals surface area contributed by atoms with Gasteiger partial charge < -0.3 is 9.47 Å². The highest BCUT2D eigenvalue weighted by Crippen LogP contribution is 2.28. The summed E-state index contributed by atoms with van der Waals surface area (Å²) >= 11 is 0. The molecular weight excluding hydrogens is 394 g/mol. The number of hydrazone groups is 1. The summed E-state index contributed by atoms with van der Waals surface area (Å²) in [6, 6.07) is 10.3. The molecule has 30 heavy (non-hydrogen) atoms. The van der Waals surface area contributed by atoms with Gasteiger partial charge in [0.25, 0.3) is 11.6 Å². The number of hydrogen-bond donors (Lipinski definition) is 1. The Kier molecular flexibility index (Phi) is 6.33. The maximum Gasteiger partial charge on any atom is 0.271 e. The van der Waals surface area contributed by atoms with Crippen molar-refractivity contribution >= 4 is 17.8 Å². The maximum absolute atomic E-state index is 12.1. The van der Waals surface area contributed by atoms with Crippen molar-refractivity contribution in [2.24, 2.45) is 5.10 Å². The van der Waals surface area contributed by atoms with Crippen molar-refractivity contribution in [3.05, 3.63) is 75.1 Å². The number of hydrogen-bond acceptors (Lipinski definition) is 9. The van der Waals surface area contributed by atoms with Crippen molar-refractivity contribution in [2.45, 2.75) is 13.5 Å². The first-order valence-corrected chi connectivity index (χ1v) is 8.64. The fourth-order valence-electron chi connectivity index (χ4n) is 2.37. The van der Waals surface area contributed by atoms with Crippen LogP contribution in [-0.4, -0.2) is 34.5 Å². The van der Waals surface area contributed by atoms with Crippen LogP contribution in [0.1, 0.15) is 27.3 Å². The van der Waals surface area contributed by atoms with Gasteiger partial charge in [-0.05, 0) is 42.8 Å². The molecule has 3 rings (SSSR count). The third-order valence-corrected chi connectivity index (χ3v) is 4.02. The summed E-state index contributed by atoms with van der Waals surface area (Å²) < 4.78 is 15.6. The van der Waals surface area contributed by atoms with E-state index >= 15 is 0 Å². The zero-order valence-electron chi connectivity index (χ0n) is 16.1. The smallest absolute Gasteiger partial charge is 0.271 e. The van der Waals surface area contributed by atoms with E-state index in [2.05, 4.69) is 25.5 Å². The summed E-state index contributed by atoms with van der Waals surface area (Å²) in [6.45, 7) is 1.93. The first kappa shape index (κ1) is 20.5. The van der Waals surface area contributed by atoms with Gasteiger partial charge in [0, 0.05) is 17.7 Å². The van der Waals surface area contributed by atoms with Crippen LogP contribution in [0.3, 0.4) is 0 Å². The van der Waals surface area contributed by atoms with Crippen LogP contribution in [0.5, 0.6) is 11.5 Å². The normalized spacial score (nSPS) is 10.7. The highest BCUT2D eigenvalue weighted by Gasteiger charge is 2.11. The second-order valence-corrected chi connectivity index (χ2v) is 6.00. The number of nitro groups is 1. The van der Waals surface area contributed by atoms with Gasteiger partial charge in [0.15, 0.2) is 11.5 Å².